The van der Waals surface area contributed by atoms with Gasteiger partial charge in [0.05, 0.1) is 18.3 Å². The number of likely N-dealkylation sites (N-methyl/N-ethyl adjacent to an activating group) is 1. The maximum absolute atomic E-state index is 13.0. The summed E-state index contributed by atoms with van der Waals surface area (Å²) in [6, 6.07) is 7.34. The third-order valence-corrected chi connectivity index (χ3v) is 4.90. The van der Waals surface area contributed by atoms with Crippen molar-refractivity contribution in [2.75, 3.05) is 11.9 Å². The van der Waals surface area contributed by atoms with Gasteiger partial charge in [0.25, 0.3) is 0 Å². The van der Waals surface area contributed by atoms with Crippen LogP contribution in [0.2, 0.25) is 0 Å². The zero-order valence-corrected chi connectivity index (χ0v) is 16.2. The van der Waals surface area contributed by atoms with E-state index in [1.165, 1.54) is 23.4 Å². The number of benzene rings is 1. The number of rotatable bonds is 5. The van der Waals surface area contributed by atoms with Crippen molar-refractivity contribution < 1.29 is 14.3 Å². The van der Waals surface area contributed by atoms with E-state index in [1.807, 2.05) is 13.0 Å². The number of aryl methyl sites for hydroxylation is 2. The van der Waals surface area contributed by atoms with Crippen molar-refractivity contribution in [3.63, 3.8) is 0 Å². The molecule has 0 saturated heterocycles. The summed E-state index contributed by atoms with van der Waals surface area (Å²) in [5.41, 5.74) is 1.71. The molecule has 2 atom stereocenters. The second-order valence-electron chi connectivity index (χ2n) is 7.10. The summed E-state index contributed by atoms with van der Waals surface area (Å²) in [5, 5.41) is 22.1. The van der Waals surface area contributed by atoms with E-state index in [1.54, 1.807) is 28.5 Å². The first-order valence-corrected chi connectivity index (χ1v) is 9.30. The number of nitrogens with one attached hydrogen (secondary N) is 1. The van der Waals surface area contributed by atoms with Gasteiger partial charge in [0, 0.05) is 19.7 Å². The van der Waals surface area contributed by atoms with Crippen molar-refractivity contribution in [3.05, 3.63) is 59.6 Å². The summed E-state index contributed by atoms with van der Waals surface area (Å²) in [6.45, 7) is 2.83. The second-order valence-corrected chi connectivity index (χ2v) is 7.10. The molecule has 1 aromatic carbocycles. The highest BCUT2D eigenvalue weighted by molar-refractivity contribution is 5.96. The SMILES string of the molecule is Cc1cc2n(n1)CCC(NC(O)c1ncn(Cc3ccc(F)cc3)n1)C(=O)N2C. The third-order valence-electron chi connectivity index (χ3n) is 4.90. The van der Waals surface area contributed by atoms with Gasteiger partial charge in [0.15, 0.2) is 12.1 Å². The average molecular weight is 399 g/mol. The molecule has 29 heavy (non-hydrogen) atoms. The maximum Gasteiger partial charge on any atom is 0.245 e. The molecule has 2 N–H and O–H groups in total. The van der Waals surface area contributed by atoms with E-state index in [0.29, 0.717) is 19.5 Å². The van der Waals surface area contributed by atoms with E-state index >= 15 is 0 Å². The predicted octanol–water partition coefficient (Wildman–Crippen LogP) is 0.986. The van der Waals surface area contributed by atoms with E-state index in [-0.39, 0.29) is 17.5 Å². The van der Waals surface area contributed by atoms with Gasteiger partial charge in [-0.15, -0.1) is 0 Å². The van der Waals surface area contributed by atoms with Crippen LogP contribution in [0, 0.1) is 12.7 Å². The normalized spacial score (nSPS) is 17.9. The Labute approximate surface area is 166 Å². The van der Waals surface area contributed by atoms with Gasteiger partial charge < -0.3 is 5.11 Å². The quantitative estimate of drug-likeness (QED) is 0.621. The van der Waals surface area contributed by atoms with E-state index in [4.69, 9.17) is 0 Å². The van der Waals surface area contributed by atoms with Crippen LogP contribution in [-0.4, -0.2) is 48.6 Å². The zero-order valence-electron chi connectivity index (χ0n) is 16.2. The Hall–Kier alpha value is -3.11. The van der Waals surface area contributed by atoms with E-state index in [2.05, 4.69) is 20.5 Å². The first kappa shape index (κ1) is 19.2. The molecular weight excluding hydrogens is 377 g/mol. The van der Waals surface area contributed by atoms with Gasteiger partial charge in [-0.2, -0.15) is 10.2 Å². The molecule has 1 amide bonds. The molecule has 152 valence electrons. The van der Waals surface area contributed by atoms with Gasteiger partial charge in [-0.1, -0.05) is 12.1 Å². The molecule has 4 rings (SSSR count). The number of carbonyl (C=O) groups excluding carboxylic acids is 1. The van der Waals surface area contributed by atoms with Gasteiger partial charge in [0.2, 0.25) is 5.91 Å². The Morgan fingerprint density at radius 2 is 2.07 bits per heavy atom. The number of aliphatic hydroxyl groups excluding tert-OH is 1. The van der Waals surface area contributed by atoms with Crippen molar-refractivity contribution in [1.82, 2.24) is 29.9 Å². The molecule has 0 fully saturated rings. The number of carbonyl (C=O) groups is 1. The molecule has 0 saturated carbocycles. The van der Waals surface area contributed by atoms with Crippen LogP contribution in [0.3, 0.4) is 0 Å². The Kier molecular flexibility index (Phi) is 5.12. The maximum atomic E-state index is 13.0. The summed E-state index contributed by atoms with van der Waals surface area (Å²) in [7, 11) is 1.69. The van der Waals surface area contributed by atoms with Gasteiger partial charge >= 0.3 is 0 Å². The number of hydrogen-bond acceptors (Lipinski definition) is 6. The minimum atomic E-state index is -1.20. The largest absolute Gasteiger partial charge is 0.371 e. The van der Waals surface area contributed by atoms with Crippen LogP contribution in [0.25, 0.3) is 0 Å². The average Bonchev–Trinajstić information content (AvgIpc) is 3.29. The monoisotopic (exact) mass is 399 g/mol. The van der Waals surface area contributed by atoms with Crippen LogP contribution in [0.4, 0.5) is 10.2 Å². The van der Waals surface area contributed by atoms with E-state index in [9.17, 15) is 14.3 Å². The summed E-state index contributed by atoms with van der Waals surface area (Å²) in [6.07, 6.45) is 0.771. The van der Waals surface area contributed by atoms with E-state index < -0.39 is 12.3 Å². The van der Waals surface area contributed by atoms with Crippen molar-refractivity contribution in [2.24, 2.45) is 0 Å². The van der Waals surface area contributed by atoms with Gasteiger partial charge in [-0.25, -0.2) is 18.7 Å². The number of nitrogens with zero attached hydrogens (tertiary/aromatic N) is 6. The number of amides is 1. The lowest BCUT2D eigenvalue weighted by molar-refractivity contribution is -0.121. The van der Waals surface area contributed by atoms with Gasteiger partial charge in [-0.3, -0.25) is 15.0 Å². The van der Waals surface area contributed by atoms with Crippen LogP contribution in [0.1, 0.15) is 29.7 Å². The summed E-state index contributed by atoms with van der Waals surface area (Å²) < 4.78 is 16.4. The molecule has 2 unspecified atom stereocenters. The van der Waals surface area contributed by atoms with Gasteiger partial charge in [0.1, 0.15) is 18.0 Å². The lowest BCUT2D eigenvalue weighted by Crippen LogP contribution is -2.45. The number of hydrogen-bond donors (Lipinski definition) is 2. The first-order valence-electron chi connectivity index (χ1n) is 9.30. The number of aromatic nitrogens is 5. The minimum absolute atomic E-state index is 0.159. The molecule has 0 radical (unpaired) electrons. The van der Waals surface area contributed by atoms with Crippen molar-refractivity contribution >= 4 is 11.7 Å². The summed E-state index contributed by atoms with van der Waals surface area (Å²) in [5.74, 6) is 0.435. The fourth-order valence-electron chi connectivity index (χ4n) is 3.39. The van der Waals surface area contributed by atoms with Crippen molar-refractivity contribution in [2.45, 2.75) is 38.7 Å². The number of fused-ring (bicyclic) bond motifs is 1. The molecule has 0 bridgehead atoms. The number of aliphatic hydroxyl groups is 1. The molecular formula is C19H22FN7O2. The fourth-order valence-corrected chi connectivity index (χ4v) is 3.39. The highest BCUT2D eigenvalue weighted by Crippen LogP contribution is 2.21. The number of halogens is 1. The standard InChI is InChI=1S/C19H22FN7O2/c1-12-9-16-25(2)19(29)15(7-8-27(16)23-12)22-18(28)17-21-11-26(24-17)10-13-3-5-14(20)6-4-13/h3-6,9,11,15,18,22,28H,7-8,10H2,1-2H3. The van der Waals surface area contributed by atoms with Crippen LogP contribution in [0.15, 0.2) is 36.7 Å². The number of anilines is 1. The summed E-state index contributed by atoms with van der Waals surface area (Å²) >= 11 is 0. The molecule has 3 aromatic rings. The Morgan fingerprint density at radius 1 is 1.31 bits per heavy atom. The lowest BCUT2D eigenvalue weighted by Gasteiger charge is -2.22. The van der Waals surface area contributed by atoms with Crippen LogP contribution >= 0.6 is 0 Å². The predicted molar refractivity (Wildman–Crippen MR) is 102 cm³/mol. The van der Waals surface area contributed by atoms with Crippen molar-refractivity contribution in [1.29, 1.82) is 0 Å². The molecule has 2 aromatic heterocycles. The topological polar surface area (TPSA) is 101 Å². The minimum Gasteiger partial charge on any atom is -0.371 e. The second kappa shape index (κ2) is 7.72. The molecule has 0 aliphatic carbocycles. The molecule has 3 heterocycles. The Balaban J connectivity index is 1.42. The highest BCUT2D eigenvalue weighted by Gasteiger charge is 2.31. The highest BCUT2D eigenvalue weighted by atomic mass is 19.1. The van der Waals surface area contributed by atoms with Crippen molar-refractivity contribution in [3.8, 4) is 0 Å². The Morgan fingerprint density at radius 3 is 2.83 bits per heavy atom. The first-order chi connectivity index (χ1) is 13.9. The zero-order chi connectivity index (χ0) is 20.5. The molecule has 1 aliphatic rings. The molecule has 0 spiro atoms. The fraction of sp³-hybridized carbons (Fsp3) is 0.368. The third kappa shape index (κ3) is 4.03. The molecule has 10 heteroatoms. The van der Waals surface area contributed by atoms with Crippen LogP contribution < -0.4 is 10.2 Å². The molecule has 1 aliphatic heterocycles. The van der Waals surface area contributed by atoms with Gasteiger partial charge in [-0.05, 0) is 31.0 Å². The smallest absolute Gasteiger partial charge is 0.245 e. The molecule has 9 nitrogen and oxygen atoms in total. The lowest BCUT2D eigenvalue weighted by atomic mass is 10.2. The van der Waals surface area contributed by atoms with Crippen LogP contribution in [-0.2, 0) is 17.9 Å². The Bertz CT molecular complexity index is 1010. The van der Waals surface area contributed by atoms with Crippen LogP contribution in [0.5, 0.6) is 0 Å². The summed E-state index contributed by atoms with van der Waals surface area (Å²) in [4.78, 5) is 18.5. The van der Waals surface area contributed by atoms with E-state index in [0.717, 1.165) is 17.1 Å².